The largest absolute Gasteiger partial charge is 0.481 e. The number of hydrogen-bond acceptors (Lipinski definition) is 4. The van der Waals surface area contributed by atoms with E-state index in [9.17, 15) is 9.59 Å². The molecular weight excluding hydrogens is 270 g/mol. The molecule has 21 heavy (non-hydrogen) atoms. The number of nitrogens with one attached hydrogen (secondary N) is 2. The number of pyridine rings is 1. The van der Waals surface area contributed by atoms with Gasteiger partial charge in [-0.2, -0.15) is 0 Å². The van der Waals surface area contributed by atoms with Gasteiger partial charge in [-0.25, -0.2) is 4.98 Å². The van der Waals surface area contributed by atoms with E-state index in [-0.39, 0.29) is 11.7 Å². The van der Waals surface area contributed by atoms with Crippen LogP contribution in [-0.4, -0.2) is 28.8 Å². The van der Waals surface area contributed by atoms with Gasteiger partial charge in [0.25, 0.3) is 5.91 Å². The molecule has 0 unspecified atom stereocenters. The van der Waals surface area contributed by atoms with Gasteiger partial charge in [-0.1, -0.05) is 0 Å². The highest BCUT2D eigenvalue weighted by Crippen LogP contribution is 2.20. The molecule has 6 heteroatoms. The van der Waals surface area contributed by atoms with Crippen LogP contribution in [0.2, 0.25) is 0 Å². The summed E-state index contributed by atoms with van der Waals surface area (Å²) in [6.07, 6.45) is 1.51. The summed E-state index contributed by atoms with van der Waals surface area (Å²) in [6, 6.07) is 3.35. The highest BCUT2D eigenvalue weighted by Gasteiger charge is 2.19. The van der Waals surface area contributed by atoms with E-state index in [4.69, 9.17) is 4.74 Å². The molecule has 0 aromatic carbocycles. The molecule has 2 aromatic rings. The van der Waals surface area contributed by atoms with Gasteiger partial charge in [-0.15, -0.1) is 0 Å². The first-order valence-electron chi connectivity index (χ1n) is 6.45. The lowest BCUT2D eigenvalue weighted by molar-refractivity contribution is 0.101. The van der Waals surface area contributed by atoms with Crippen molar-refractivity contribution in [3.63, 3.8) is 0 Å². The third-order valence-corrected chi connectivity index (χ3v) is 3.22. The lowest BCUT2D eigenvalue weighted by Gasteiger charge is -2.05. The average molecular weight is 287 g/mol. The van der Waals surface area contributed by atoms with Crippen LogP contribution in [-0.2, 0) is 0 Å². The first-order valence-corrected chi connectivity index (χ1v) is 6.45. The number of Topliss-reactive ketones (excluding diaryl/α,β-unsaturated/α-hetero) is 1. The molecule has 2 N–H and O–H groups in total. The summed E-state index contributed by atoms with van der Waals surface area (Å²) in [5.74, 6) is 0.0974. The lowest BCUT2D eigenvalue weighted by Crippen LogP contribution is -2.14. The van der Waals surface area contributed by atoms with Crippen LogP contribution >= 0.6 is 0 Å². The Morgan fingerprint density at radius 2 is 2.00 bits per heavy atom. The molecule has 2 aromatic heterocycles. The van der Waals surface area contributed by atoms with Gasteiger partial charge < -0.3 is 15.0 Å². The summed E-state index contributed by atoms with van der Waals surface area (Å²) >= 11 is 0. The lowest BCUT2D eigenvalue weighted by atomic mass is 10.1. The molecule has 0 fully saturated rings. The van der Waals surface area contributed by atoms with E-state index in [1.54, 1.807) is 26.0 Å². The van der Waals surface area contributed by atoms with E-state index in [0.29, 0.717) is 34.1 Å². The standard InChI is InChI=1S/C15H17N3O3/c1-8-13(10(3)19)9(2)17-14(8)15(20)18-11-5-6-12(21-4)16-7-11/h5-7,17H,1-4H3,(H,18,20). The summed E-state index contributed by atoms with van der Waals surface area (Å²) in [5.41, 5.74) is 2.84. The summed E-state index contributed by atoms with van der Waals surface area (Å²) in [7, 11) is 1.52. The van der Waals surface area contributed by atoms with E-state index in [1.807, 2.05) is 0 Å². The van der Waals surface area contributed by atoms with E-state index in [0.717, 1.165) is 0 Å². The van der Waals surface area contributed by atoms with Crippen molar-refractivity contribution in [3.8, 4) is 5.88 Å². The second-order valence-electron chi connectivity index (χ2n) is 4.72. The zero-order valence-electron chi connectivity index (χ0n) is 12.4. The van der Waals surface area contributed by atoms with Gasteiger partial charge >= 0.3 is 0 Å². The Morgan fingerprint density at radius 3 is 2.48 bits per heavy atom. The Balaban J connectivity index is 2.24. The van der Waals surface area contributed by atoms with Crippen LogP contribution in [0.25, 0.3) is 0 Å². The van der Waals surface area contributed by atoms with Gasteiger partial charge in [0.05, 0.1) is 19.0 Å². The minimum atomic E-state index is -0.310. The summed E-state index contributed by atoms with van der Waals surface area (Å²) < 4.78 is 4.96. The third-order valence-electron chi connectivity index (χ3n) is 3.22. The molecule has 0 aliphatic rings. The number of aryl methyl sites for hydroxylation is 1. The van der Waals surface area contributed by atoms with E-state index >= 15 is 0 Å². The van der Waals surface area contributed by atoms with E-state index in [2.05, 4.69) is 15.3 Å². The molecule has 0 bridgehead atoms. The number of anilines is 1. The Hall–Kier alpha value is -2.63. The van der Waals surface area contributed by atoms with Gasteiger partial charge in [0.15, 0.2) is 5.78 Å². The second-order valence-corrected chi connectivity index (χ2v) is 4.72. The smallest absolute Gasteiger partial charge is 0.272 e. The molecule has 0 radical (unpaired) electrons. The Labute approximate surface area is 122 Å². The molecule has 0 saturated heterocycles. The molecular formula is C15H17N3O3. The maximum absolute atomic E-state index is 12.3. The van der Waals surface area contributed by atoms with Crippen molar-refractivity contribution < 1.29 is 14.3 Å². The van der Waals surface area contributed by atoms with Crippen LogP contribution in [0.15, 0.2) is 18.3 Å². The molecule has 0 aliphatic carbocycles. The predicted octanol–water partition coefficient (Wildman–Crippen LogP) is 2.49. The number of ketones is 1. The molecule has 0 saturated carbocycles. The number of carbonyl (C=O) groups excluding carboxylic acids is 2. The SMILES string of the molecule is COc1ccc(NC(=O)c2[nH]c(C)c(C(C)=O)c2C)cn1. The van der Waals surface area contributed by atoms with Crippen molar-refractivity contribution in [3.05, 3.63) is 40.8 Å². The fourth-order valence-corrected chi connectivity index (χ4v) is 2.27. The van der Waals surface area contributed by atoms with Crippen LogP contribution in [0.4, 0.5) is 5.69 Å². The minimum Gasteiger partial charge on any atom is -0.481 e. The van der Waals surface area contributed by atoms with Crippen LogP contribution in [0.3, 0.4) is 0 Å². The maximum Gasteiger partial charge on any atom is 0.272 e. The van der Waals surface area contributed by atoms with Crippen molar-refractivity contribution in [1.82, 2.24) is 9.97 Å². The number of nitrogens with zero attached hydrogens (tertiary/aromatic N) is 1. The molecule has 2 rings (SSSR count). The van der Waals surface area contributed by atoms with Crippen molar-refractivity contribution >= 4 is 17.4 Å². The maximum atomic E-state index is 12.3. The van der Waals surface area contributed by atoms with Crippen LogP contribution in [0, 0.1) is 13.8 Å². The van der Waals surface area contributed by atoms with E-state index < -0.39 is 0 Å². The molecule has 6 nitrogen and oxygen atoms in total. The first kappa shape index (κ1) is 14.8. The molecule has 110 valence electrons. The number of aromatic nitrogens is 2. The number of amides is 1. The van der Waals surface area contributed by atoms with Crippen molar-refractivity contribution in [2.24, 2.45) is 0 Å². The van der Waals surface area contributed by atoms with Crippen molar-refractivity contribution in [2.75, 3.05) is 12.4 Å². The summed E-state index contributed by atoms with van der Waals surface area (Å²) in [6.45, 7) is 5.01. The fraction of sp³-hybridized carbons (Fsp3) is 0.267. The van der Waals surface area contributed by atoms with Gasteiger partial charge in [0.2, 0.25) is 5.88 Å². The molecule has 0 aliphatic heterocycles. The topological polar surface area (TPSA) is 84.1 Å². The van der Waals surface area contributed by atoms with Gasteiger partial charge in [-0.05, 0) is 32.4 Å². The number of aromatic amines is 1. The monoisotopic (exact) mass is 287 g/mol. The zero-order chi connectivity index (χ0) is 15.6. The van der Waals surface area contributed by atoms with Crippen LogP contribution in [0.1, 0.15) is 39.0 Å². The van der Waals surface area contributed by atoms with Gasteiger partial charge in [-0.3, -0.25) is 9.59 Å². The molecule has 2 heterocycles. The number of ether oxygens (including phenoxy) is 1. The number of carbonyl (C=O) groups is 2. The van der Waals surface area contributed by atoms with Gasteiger partial charge in [0, 0.05) is 17.3 Å². The quantitative estimate of drug-likeness (QED) is 0.846. The van der Waals surface area contributed by atoms with Gasteiger partial charge in [0.1, 0.15) is 5.69 Å². The minimum absolute atomic E-state index is 0.0635. The number of hydrogen-bond donors (Lipinski definition) is 2. The highest BCUT2D eigenvalue weighted by molar-refractivity contribution is 6.07. The normalized spacial score (nSPS) is 10.3. The molecule has 0 atom stereocenters. The third kappa shape index (κ3) is 2.94. The van der Waals surface area contributed by atoms with Crippen molar-refractivity contribution in [2.45, 2.75) is 20.8 Å². The van der Waals surface area contributed by atoms with Crippen molar-refractivity contribution in [1.29, 1.82) is 0 Å². The predicted molar refractivity (Wildman–Crippen MR) is 79.0 cm³/mol. The summed E-state index contributed by atoms with van der Waals surface area (Å²) in [5, 5.41) is 2.73. The number of methoxy groups -OCH3 is 1. The summed E-state index contributed by atoms with van der Waals surface area (Å²) in [4.78, 5) is 30.8. The Bertz CT molecular complexity index is 687. The van der Waals surface area contributed by atoms with Crippen LogP contribution < -0.4 is 10.1 Å². The number of H-pyrrole nitrogens is 1. The average Bonchev–Trinajstić information content (AvgIpc) is 2.75. The Kier molecular flexibility index (Phi) is 4.07. The highest BCUT2D eigenvalue weighted by atomic mass is 16.5. The molecule has 0 spiro atoms. The fourth-order valence-electron chi connectivity index (χ4n) is 2.27. The van der Waals surface area contributed by atoms with Crippen LogP contribution in [0.5, 0.6) is 5.88 Å². The number of rotatable bonds is 4. The Morgan fingerprint density at radius 1 is 1.29 bits per heavy atom. The first-order chi connectivity index (χ1) is 9.93. The second kappa shape index (κ2) is 5.78. The zero-order valence-corrected chi connectivity index (χ0v) is 12.4. The van der Waals surface area contributed by atoms with E-state index in [1.165, 1.54) is 20.2 Å². The molecule has 1 amide bonds.